The molecule has 0 unspecified atom stereocenters. The topological polar surface area (TPSA) is 53.4 Å². The molecular weight excluding hydrogens is 264 g/mol. The summed E-state index contributed by atoms with van der Waals surface area (Å²) in [5.41, 5.74) is 0.739. The average molecular weight is 281 g/mol. The SMILES string of the molecule is CCc1cc(C(=O)N2CC(O)(C3CC3)C2)cc(Cl)n1. The zero-order valence-electron chi connectivity index (χ0n) is 10.9. The minimum Gasteiger partial charge on any atom is -0.386 e. The van der Waals surface area contributed by atoms with Gasteiger partial charge in [-0.2, -0.15) is 0 Å². The summed E-state index contributed by atoms with van der Waals surface area (Å²) in [7, 11) is 0. The number of halogens is 1. The van der Waals surface area contributed by atoms with Crippen molar-refractivity contribution in [1.82, 2.24) is 9.88 Å². The summed E-state index contributed by atoms with van der Waals surface area (Å²) in [5, 5.41) is 10.6. The van der Waals surface area contributed by atoms with Crippen molar-refractivity contribution in [3.8, 4) is 0 Å². The van der Waals surface area contributed by atoms with E-state index in [0.29, 0.717) is 29.7 Å². The highest BCUT2D eigenvalue weighted by molar-refractivity contribution is 6.29. The van der Waals surface area contributed by atoms with Crippen LogP contribution in [-0.4, -0.2) is 39.6 Å². The predicted molar refractivity (Wildman–Crippen MR) is 72.2 cm³/mol. The van der Waals surface area contributed by atoms with E-state index in [1.165, 1.54) is 0 Å². The zero-order chi connectivity index (χ0) is 13.6. The van der Waals surface area contributed by atoms with Crippen LogP contribution in [0.4, 0.5) is 0 Å². The lowest BCUT2D eigenvalue weighted by atomic mass is 9.88. The maximum atomic E-state index is 12.3. The van der Waals surface area contributed by atoms with Crippen molar-refractivity contribution >= 4 is 17.5 Å². The molecule has 102 valence electrons. The molecule has 1 aromatic heterocycles. The Morgan fingerprint density at radius 1 is 1.53 bits per heavy atom. The van der Waals surface area contributed by atoms with Gasteiger partial charge in [-0.1, -0.05) is 18.5 Å². The van der Waals surface area contributed by atoms with Crippen molar-refractivity contribution < 1.29 is 9.90 Å². The summed E-state index contributed by atoms with van der Waals surface area (Å²) in [5.74, 6) is 0.327. The Hall–Kier alpha value is -1.13. The van der Waals surface area contributed by atoms with Crippen LogP contribution < -0.4 is 0 Å². The first kappa shape index (κ1) is 12.9. The lowest BCUT2D eigenvalue weighted by Gasteiger charge is -2.47. The molecule has 5 heteroatoms. The smallest absolute Gasteiger partial charge is 0.254 e. The van der Waals surface area contributed by atoms with Gasteiger partial charge in [-0.3, -0.25) is 4.79 Å². The monoisotopic (exact) mass is 280 g/mol. The summed E-state index contributed by atoms with van der Waals surface area (Å²) < 4.78 is 0. The van der Waals surface area contributed by atoms with Gasteiger partial charge in [0.05, 0.1) is 13.1 Å². The van der Waals surface area contributed by atoms with Crippen LogP contribution in [0.3, 0.4) is 0 Å². The second-order valence-corrected chi connectivity index (χ2v) is 5.95. The van der Waals surface area contributed by atoms with Gasteiger partial charge in [0.25, 0.3) is 5.91 Å². The number of likely N-dealkylation sites (tertiary alicyclic amines) is 1. The number of aromatic nitrogens is 1. The highest BCUT2D eigenvalue weighted by atomic mass is 35.5. The molecule has 1 N–H and O–H groups in total. The van der Waals surface area contributed by atoms with E-state index in [2.05, 4.69) is 4.98 Å². The normalized spacial score (nSPS) is 21.1. The van der Waals surface area contributed by atoms with Gasteiger partial charge in [-0.25, -0.2) is 4.98 Å². The Balaban J connectivity index is 1.73. The van der Waals surface area contributed by atoms with Crippen LogP contribution >= 0.6 is 11.6 Å². The van der Waals surface area contributed by atoms with E-state index in [4.69, 9.17) is 11.6 Å². The van der Waals surface area contributed by atoms with Gasteiger partial charge in [0.1, 0.15) is 10.8 Å². The first-order valence-corrected chi connectivity index (χ1v) is 7.08. The second kappa shape index (κ2) is 4.46. The van der Waals surface area contributed by atoms with Gasteiger partial charge in [-0.05, 0) is 37.3 Å². The van der Waals surface area contributed by atoms with Gasteiger partial charge in [0, 0.05) is 11.3 Å². The predicted octanol–water partition coefficient (Wildman–Crippen LogP) is 1.89. The molecule has 2 aliphatic rings. The van der Waals surface area contributed by atoms with Crippen LogP contribution in [0.2, 0.25) is 5.15 Å². The minimum atomic E-state index is -0.639. The maximum absolute atomic E-state index is 12.3. The van der Waals surface area contributed by atoms with Crippen molar-refractivity contribution in [1.29, 1.82) is 0 Å². The highest BCUT2D eigenvalue weighted by Gasteiger charge is 2.53. The van der Waals surface area contributed by atoms with E-state index in [1.54, 1.807) is 17.0 Å². The van der Waals surface area contributed by atoms with Crippen LogP contribution in [0.25, 0.3) is 0 Å². The third-order valence-electron chi connectivity index (χ3n) is 4.01. The molecule has 19 heavy (non-hydrogen) atoms. The van der Waals surface area contributed by atoms with Crippen LogP contribution in [0.15, 0.2) is 12.1 Å². The number of rotatable bonds is 3. The number of hydrogen-bond donors (Lipinski definition) is 1. The average Bonchev–Trinajstić information content (AvgIpc) is 3.17. The molecule has 4 nitrogen and oxygen atoms in total. The molecule has 0 atom stereocenters. The molecule has 2 fully saturated rings. The fraction of sp³-hybridized carbons (Fsp3) is 0.571. The third kappa shape index (κ3) is 2.35. The zero-order valence-corrected chi connectivity index (χ0v) is 11.7. The van der Waals surface area contributed by atoms with Crippen molar-refractivity contribution in [2.45, 2.75) is 31.8 Å². The van der Waals surface area contributed by atoms with Crippen molar-refractivity contribution in [3.63, 3.8) is 0 Å². The largest absolute Gasteiger partial charge is 0.386 e. The molecular formula is C14H17ClN2O2. The van der Waals surface area contributed by atoms with Crippen molar-refractivity contribution in [3.05, 3.63) is 28.5 Å². The van der Waals surface area contributed by atoms with Crippen molar-refractivity contribution in [2.24, 2.45) is 5.92 Å². The number of amides is 1. The van der Waals surface area contributed by atoms with Gasteiger partial charge >= 0.3 is 0 Å². The van der Waals surface area contributed by atoms with Crippen LogP contribution in [0.5, 0.6) is 0 Å². The van der Waals surface area contributed by atoms with Crippen LogP contribution in [-0.2, 0) is 6.42 Å². The number of aryl methyl sites for hydroxylation is 1. The Morgan fingerprint density at radius 2 is 2.21 bits per heavy atom. The molecule has 1 aliphatic carbocycles. The fourth-order valence-corrected chi connectivity index (χ4v) is 2.90. The maximum Gasteiger partial charge on any atom is 0.254 e. The number of pyridine rings is 1. The van der Waals surface area contributed by atoms with Crippen molar-refractivity contribution in [2.75, 3.05) is 13.1 Å². The standard InChI is InChI=1S/C14H17ClN2O2/c1-2-11-5-9(6-12(15)16-11)13(18)17-7-14(19,8-17)10-3-4-10/h5-6,10,19H,2-4,7-8H2,1H3. The summed E-state index contributed by atoms with van der Waals surface area (Å²) in [6, 6.07) is 3.38. The molecule has 3 rings (SSSR count). The first-order valence-electron chi connectivity index (χ1n) is 6.70. The molecule has 1 amide bonds. The number of hydrogen-bond acceptors (Lipinski definition) is 3. The number of carbonyl (C=O) groups excluding carboxylic acids is 1. The fourth-order valence-electron chi connectivity index (χ4n) is 2.68. The Kier molecular flexibility index (Phi) is 3.02. The molecule has 1 saturated heterocycles. The third-order valence-corrected chi connectivity index (χ3v) is 4.20. The van der Waals surface area contributed by atoms with Crippen LogP contribution in [0.1, 0.15) is 35.8 Å². The molecule has 0 spiro atoms. The molecule has 0 radical (unpaired) electrons. The van der Waals surface area contributed by atoms with Gasteiger partial charge in [-0.15, -0.1) is 0 Å². The summed E-state index contributed by atoms with van der Waals surface area (Å²) >= 11 is 5.92. The molecule has 0 bridgehead atoms. The Bertz CT molecular complexity index is 522. The quantitative estimate of drug-likeness (QED) is 0.861. The summed E-state index contributed by atoms with van der Waals surface area (Å²) in [4.78, 5) is 18.1. The summed E-state index contributed by atoms with van der Waals surface area (Å²) in [6.45, 7) is 2.86. The molecule has 2 heterocycles. The van der Waals surface area contributed by atoms with Gasteiger partial charge < -0.3 is 10.0 Å². The Labute approximate surface area is 117 Å². The number of nitrogens with zero attached hydrogens (tertiary/aromatic N) is 2. The lowest BCUT2D eigenvalue weighted by molar-refractivity contribution is -0.0958. The van der Waals surface area contributed by atoms with Gasteiger partial charge in [0.2, 0.25) is 0 Å². The second-order valence-electron chi connectivity index (χ2n) is 5.56. The van der Waals surface area contributed by atoms with Crippen LogP contribution in [0, 0.1) is 5.92 Å². The number of aliphatic hydroxyl groups is 1. The van der Waals surface area contributed by atoms with E-state index in [1.807, 2.05) is 6.92 Å². The molecule has 1 aliphatic heterocycles. The van der Waals surface area contributed by atoms with E-state index in [-0.39, 0.29) is 5.91 Å². The van der Waals surface area contributed by atoms with E-state index < -0.39 is 5.60 Å². The number of β-amino-alcohol motifs (C(OH)–C–C–N with tert-alkyl or cyclic N) is 1. The van der Waals surface area contributed by atoms with Gasteiger partial charge in [0.15, 0.2) is 0 Å². The van der Waals surface area contributed by atoms with E-state index in [0.717, 1.165) is 25.0 Å². The molecule has 1 saturated carbocycles. The molecule has 0 aromatic carbocycles. The number of carbonyl (C=O) groups is 1. The minimum absolute atomic E-state index is 0.0654. The van der Waals surface area contributed by atoms with E-state index >= 15 is 0 Å². The first-order chi connectivity index (χ1) is 9.01. The Morgan fingerprint density at radius 3 is 2.79 bits per heavy atom. The highest BCUT2D eigenvalue weighted by Crippen LogP contribution is 2.44. The van der Waals surface area contributed by atoms with E-state index in [9.17, 15) is 9.90 Å². The lowest BCUT2D eigenvalue weighted by Crippen LogP contribution is -2.64. The summed E-state index contributed by atoms with van der Waals surface area (Å²) in [6.07, 6.45) is 2.91. The molecule has 1 aromatic rings.